The van der Waals surface area contributed by atoms with Crippen molar-refractivity contribution in [3.05, 3.63) is 46.7 Å². The molecule has 0 saturated carbocycles. The molecule has 138 valence electrons. The van der Waals surface area contributed by atoms with Crippen LogP contribution in [-0.4, -0.2) is 26.0 Å². The van der Waals surface area contributed by atoms with Crippen molar-refractivity contribution in [1.29, 1.82) is 0 Å². The summed E-state index contributed by atoms with van der Waals surface area (Å²) in [4.78, 5) is -0.802. The normalized spacial score (nSPS) is 16.8. The second-order valence-corrected chi connectivity index (χ2v) is 7.49. The Morgan fingerprint density at radius 2 is 1.60 bits per heavy atom. The van der Waals surface area contributed by atoms with Gasteiger partial charge in [-0.05, 0) is 24.6 Å². The van der Waals surface area contributed by atoms with Gasteiger partial charge in [0.25, 0.3) is 0 Å². The molecule has 2 rings (SSSR count). The number of hydrogen-bond acceptors (Lipinski definition) is 3. The zero-order valence-corrected chi connectivity index (χ0v) is 13.5. The molecule has 0 spiro atoms. The fourth-order valence-electron chi connectivity index (χ4n) is 2.40. The van der Waals surface area contributed by atoms with Crippen LogP contribution >= 0.6 is 0 Å². The van der Waals surface area contributed by atoms with Gasteiger partial charge < -0.3 is 5.11 Å². The first-order valence-corrected chi connectivity index (χ1v) is 8.72. The van der Waals surface area contributed by atoms with Gasteiger partial charge in [0.05, 0.1) is 10.5 Å². The summed E-state index contributed by atoms with van der Waals surface area (Å²) in [5.41, 5.74) is -3.12. The molecule has 0 aromatic heterocycles. The van der Waals surface area contributed by atoms with Crippen LogP contribution in [0.15, 0.2) is 40.5 Å². The standard InChI is InChI=1S/C15H12F6O3S/c1-25(23,24)13-7-9(15(19,20)21)2-4-10(13)11-6-8(14(16,17)18)3-5-12(11)22/h2,4,6-7,22H,3,5H2,1H3. The van der Waals surface area contributed by atoms with Crippen LogP contribution in [-0.2, 0) is 16.0 Å². The number of aliphatic hydroxyl groups is 1. The van der Waals surface area contributed by atoms with Crippen molar-refractivity contribution in [2.24, 2.45) is 0 Å². The van der Waals surface area contributed by atoms with Crippen molar-refractivity contribution in [2.45, 2.75) is 30.1 Å². The van der Waals surface area contributed by atoms with Crippen molar-refractivity contribution in [3.63, 3.8) is 0 Å². The quantitative estimate of drug-likeness (QED) is 0.753. The molecule has 10 heteroatoms. The lowest BCUT2D eigenvalue weighted by atomic mass is 9.92. The van der Waals surface area contributed by atoms with Crippen molar-refractivity contribution >= 4 is 15.4 Å². The van der Waals surface area contributed by atoms with Gasteiger partial charge in [0.1, 0.15) is 5.76 Å². The Morgan fingerprint density at radius 3 is 2.08 bits per heavy atom. The minimum atomic E-state index is -4.83. The molecular formula is C15H12F6O3S. The van der Waals surface area contributed by atoms with Crippen molar-refractivity contribution in [3.8, 4) is 0 Å². The van der Waals surface area contributed by atoms with Gasteiger partial charge in [-0.1, -0.05) is 6.07 Å². The fourth-order valence-corrected chi connectivity index (χ4v) is 3.32. The maximum atomic E-state index is 12.9. The van der Waals surface area contributed by atoms with Gasteiger partial charge in [-0.2, -0.15) is 26.3 Å². The summed E-state index contributed by atoms with van der Waals surface area (Å²) in [5, 5.41) is 9.88. The van der Waals surface area contributed by atoms with Crippen LogP contribution in [0.4, 0.5) is 26.3 Å². The SMILES string of the molecule is CS(=O)(=O)c1cc(C(F)(F)F)ccc1C1=C(O)CCC(C(F)(F)F)=C1. The summed E-state index contributed by atoms with van der Waals surface area (Å²) in [6.07, 6.45) is -9.22. The Balaban J connectivity index is 2.72. The third kappa shape index (κ3) is 4.17. The first-order chi connectivity index (χ1) is 11.2. The van der Waals surface area contributed by atoms with Crippen LogP contribution in [0.5, 0.6) is 0 Å². The number of allylic oxidation sites excluding steroid dienone is 4. The molecule has 0 bridgehead atoms. The molecule has 1 aromatic rings. The number of alkyl halides is 6. The maximum absolute atomic E-state index is 12.9. The molecule has 0 fully saturated rings. The van der Waals surface area contributed by atoms with E-state index >= 15 is 0 Å². The lowest BCUT2D eigenvalue weighted by molar-refractivity contribution is -0.137. The highest BCUT2D eigenvalue weighted by molar-refractivity contribution is 7.90. The summed E-state index contributed by atoms with van der Waals surface area (Å²) in [5.74, 6) is -0.516. The molecule has 0 atom stereocenters. The topological polar surface area (TPSA) is 54.4 Å². The Morgan fingerprint density at radius 1 is 1.00 bits per heavy atom. The second-order valence-electron chi connectivity index (χ2n) is 5.51. The van der Waals surface area contributed by atoms with Gasteiger partial charge in [-0.15, -0.1) is 0 Å². The van der Waals surface area contributed by atoms with E-state index < -0.39 is 68.0 Å². The first-order valence-electron chi connectivity index (χ1n) is 6.83. The molecule has 1 aliphatic rings. The molecule has 0 heterocycles. The molecule has 0 aliphatic heterocycles. The Bertz CT molecular complexity index is 860. The van der Waals surface area contributed by atoms with Crippen LogP contribution in [0.3, 0.4) is 0 Å². The van der Waals surface area contributed by atoms with E-state index in [1.807, 2.05) is 0 Å². The lowest BCUT2D eigenvalue weighted by Crippen LogP contribution is -2.16. The van der Waals surface area contributed by atoms with E-state index in [0.717, 1.165) is 6.07 Å². The lowest BCUT2D eigenvalue weighted by Gasteiger charge is -2.21. The van der Waals surface area contributed by atoms with Crippen LogP contribution in [0, 0.1) is 0 Å². The van der Waals surface area contributed by atoms with E-state index in [9.17, 15) is 39.9 Å². The van der Waals surface area contributed by atoms with E-state index in [-0.39, 0.29) is 0 Å². The van der Waals surface area contributed by atoms with Gasteiger partial charge in [-0.3, -0.25) is 0 Å². The Labute approximate surface area is 139 Å². The minimum Gasteiger partial charge on any atom is -0.512 e. The summed E-state index contributed by atoms with van der Waals surface area (Å²) < 4.78 is 101. The van der Waals surface area contributed by atoms with E-state index in [1.165, 1.54) is 0 Å². The van der Waals surface area contributed by atoms with E-state index in [4.69, 9.17) is 0 Å². The highest BCUT2D eigenvalue weighted by atomic mass is 32.2. The van der Waals surface area contributed by atoms with Crippen molar-refractivity contribution < 1.29 is 39.9 Å². The molecule has 0 saturated heterocycles. The third-order valence-corrected chi connectivity index (χ3v) is 4.76. The third-order valence-electron chi connectivity index (χ3n) is 3.62. The molecule has 1 aliphatic carbocycles. The Kier molecular flexibility index (Phi) is 4.71. The van der Waals surface area contributed by atoms with Crippen LogP contribution in [0.1, 0.15) is 24.0 Å². The van der Waals surface area contributed by atoms with Gasteiger partial charge in [0.15, 0.2) is 9.84 Å². The largest absolute Gasteiger partial charge is 0.512 e. The summed E-state index contributed by atoms with van der Waals surface area (Å²) in [7, 11) is -4.20. The maximum Gasteiger partial charge on any atom is 0.416 e. The van der Waals surface area contributed by atoms with Crippen molar-refractivity contribution in [2.75, 3.05) is 6.26 Å². The van der Waals surface area contributed by atoms with Gasteiger partial charge in [0.2, 0.25) is 0 Å². The predicted molar refractivity (Wildman–Crippen MR) is 77.5 cm³/mol. The predicted octanol–water partition coefficient (Wildman–Crippen LogP) is 4.66. The molecule has 0 amide bonds. The fraction of sp³-hybridized carbons (Fsp3) is 0.333. The number of benzene rings is 1. The second kappa shape index (κ2) is 6.08. The highest BCUT2D eigenvalue weighted by Crippen LogP contribution is 2.40. The van der Waals surface area contributed by atoms with Crippen LogP contribution in [0.25, 0.3) is 5.57 Å². The number of sulfone groups is 1. The molecular weight excluding hydrogens is 374 g/mol. The number of halogens is 6. The monoisotopic (exact) mass is 386 g/mol. The first kappa shape index (κ1) is 19.4. The number of aliphatic hydroxyl groups excluding tert-OH is 1. The van der Waals surface area contributed by atoms with Gasteiger partial charge in [-0.25, -0.2) is 8.42 Å². The highest BCUT2D eigenvalue weighted by Gasteiger charge is 2.37. The summed E-state index contributed by atoms with van der Waals surface area (Å²) in [6.45, 7) is 0. The van der Waals surface area contributed by atoms with E-state index in [2.05, 4.69) is 0 Å². The average molecular weight is 386 g/mol. The molecule has 1 aromatic carbocycles. The molecule has 25 heavy (non-hydrogen) atoms. The molecule has 1 N–H and O–H groups in total. The summed E-state index contributed by atoms with van der Waals surface area (Å²) >= 11 is 0. The molecule has 0 radical (unpaired) electrons. The molecule has 0 unspecified atom stereocenters. The van der Waals surface area contributed by atoms with Gasteiger partial charge in [0, 0.05) is 29.4 Å². The van der Waals surface area contributed by atoms with Gasteiger partial charge >= 0.3 is 12.4 Å². The zero-order valence-electron chi connectivity index (χ0n) is 12.7. The average Bonchev–Trinajstić information content (AvgIpc) is 2.44. The summed E-state index contributed by atoms with van der Waals surface area (Å²) in [6, 6.07) is 1.65. The van der Waals surface area contributed by atoms with E-state index in [0.29, 0.717) is 24.5 Å². The molecule has 3 nitrogen and oxygen atoms in total. The van der Waals surface area contributed by atoms with Crippen LogP contribution < -0.4 is 0 Å². The number of hydrogen-bond donors (Lipinski definition) is 1. The van der Waals surface area contributed by atoms with E-state index in [1.54, 1.807) is 0 Å². The smallest absolute Gasteiger partial charge is 0.416 e. The van der Waals surface area contributed by atoms with Crippen molar-refractivity contribution in [1.82, 2.24) is 0 Å². The minimum absolute atomic E-state index is 0.348. The number of rotatable bonds is 2. The zero-order chi connectivity index (χ0) is 19.2. The Hall–Kier alpha value is -1.97. The van der Waals surface area contributed by atoms with Crippen LogP contribution in [0.2, 0.25) is 0 Å².